The SMILES string of the molecule is CCNC1CCC(NC(=O)N(CC)CC)CC1. The standard InChI is InChI=1S/C13H27N3O/c1-4-14-11-7-9-12(10-8-11)15-13(17)16(5-2)6-3/h11-12,14H,4-10H2,1-3H3,(H,15,17). The van der Waals surface area contributed by atoms with E-state index < -0.39 is 0 Å². The maximum Gasteiger partial charge on any atom is 0.317 e. The molecule has 1 rings (SSSR count). The molecule has 0 aromatic carbocycles. The highest BCUT2D eigenvalue weighted by atomic mass is 16.2. The van der Waals surface area contributed by atoms with Crippen molar-refractivity contribution in [3.63, 3.8) is 0 Å². The van der Waals surface area contributed by atoms with Gasteiger partial charge in [0.15, 0.2) is 0 Å². The quantitative estimate of drug-likeness (QED) is 0.773. The molecule has 2 N–H and O–H groups in total. The molecule has 1 aliphatic carbocycles. The van der Waals surface area contributed by atoms with Crippen molar-refractivity contribution in [3.8, 4) is 0 Å². The third kappa shape index (κ3) is 4.54. The van der Waals surface area contributed by atoms with Gasteiger partial charge in [-0.2, -0.15) is 0 Å². The molecular weight excluding hydrogens is 214 g/mol. The van der Waals surface area contributed by atoms with Gasteiger partial charge in [-0.05, 0) is 46.1 Å². The van der Waals surface area contributed by atoms with Crippen LogP contribution in [0, 0.1) is 0 Å². The predicted molar refractivity (Wildman–Crippen MR) is 71.2 cm³/mol. The van der Waals surface area contributed by atoms with E-state index >= 15 is 0 Å². The van der Waals surface area contributed by atoms with Crippen molar-refractivity contribution in [3.05, 3.63) is 0 Å². The lowest BCUT2D eigenvalue weighted by Gasteiger charge is -2.31. The minimum absolute atomic E-state index is 0.0990. The lowest BCUT2D eigenvalue weighted by atomic mass is 9.91. The van der Waals surface area contributed by atoms with Crippen LogP contribution in [0.5, 0.6) is 0 Å². The number of nitrogens with one attached hydrogen (secondary N) is 2. The summed E-state index contributed by atoms with van der Waals surface area (Å²) in [6.45, 7) is 8.80. The molecule has 0 spiro atoms. The number of hydrogen-bond donors (Lipinski definition) is 2. The topological polar surface area (TPSA) is 44.4 Å². The van der Waals surface area contributed by atoms with Crippen LogP contribution in [-0.4, -0.2) is 42.6 Å². The summed E-state index contributed by atoms with van der Waals surface area (Å²) in [6.07, 6.45) is 4.56. The largest absolute Gasteiger partial charge is 0.335 e. The number of hydrogen-bond acceptors (Lipinski definition) is 2. The lowest BCUT2D eigenvalue weighted by molar-refractivity contribution is 0.193. The van der Waals surface area contributed by atoms with Gasteiger partial charge in [-0.1, -0.05) is 6.92 Å². The predicted octanol–water partition coefficient (Wildman–Crippen LogP) is 1.96. The molecule has 17 heavy (non-hydrogen) atoms. The summed E-state index contributed by atoms with van der Waals surface area (Å²) in [4.78, 5) is 13.7. The van der Waals surface area contributed by atoms with Gasteiger partial charge in [0.1, 0.15) is 0 Å². The first-order chi connectivity index (χ1) is 8.21. The Morgan fingerprint density at radius 1 is 1.06 bits per heavy atom. The molecule has 0 unspecified atom stereocenters. The Kier molecular flexibility index (Phi) is 6.34. The first-order valence-electron chi connectivity index (χ1n) is 7.00. The molecule has 0 aromatic heterocycles. The lowest BCUT2D eigenvalue weighted by Crippen LogP contribution is -2.47. The van der Waals surface area contributed by atoms with Crippen molar-refractivity contribution < 1.29 is 4.79 Å². The van der Waals surface area contributed by atoms with Crippen LogP contribution >= 0.6 is 0 Å². The summed E-state index contributed by atoms with van der Waals surface area (Å²) >= 11 is 0. The third-order valence-corrected chi connectivity index (χ3v) is 3.60. The maximum atomic E-state index is 11.9. The molecule has 4 heteroatoms. The minimum Gasteiger partial charge on any atom is -0.335 e. The molecule has 0 heterocycles. The fraction of sp³-hybridized carbons (Fsp3) is 0.923. The van der Waals surface area contributed by atoms with Crippen LogP contribution in [0.25, 0.3) is 0 Å². The van der Waals surface area contributed by atoms with E-state index in [0.29, 0.717) is 12.1 Å². The number of urea groups is 1. The highest BCUT2D eigenvalue weighted by Crippen LogP contribution is 2.18. The Balaban J connectivity index is 2.27. The Bertz CT molecular complexity index is 221. The van der Waals surface area contributed by atoms with Gasteiger partial charge in [0.25, 0.3) is 0 Å². The zero-order chi connectivity index (χ0) is 12.7. The number of nitrogens with zero attached hydrogens (tertiary/aromatic N) is 1. The van der Waals surface area contributed by atoms with Crippen molar-refractivity contribution in [1.82, 2.24) is 15.5 Å². The van der Waals surface area contributed by atoms with E-state index in [9.17, 15) is 4.79 Å². The van der Waals surface area contributed by atoms with Gasteiger partial charge < -0.3 is 15.5 Å². The highest BCUT2D eigenvalue weighted by Gasteiger charge is 2.22. The van der Waals surface area contributed by atoms with Crippen molar-refractivity contribution in [2.24, 2.45) is 0 Å². The van der Waals surface area contributed by atoms with E-state index in [4.69, 9.17) is 0 Å². The number of amides is 2. The van der Waals surface area contributed by atoms with Gasteiger partial charge >= 0.3 is 6.03 Å². The van der Waals surface area contributed by atoms with Crippen LogP contribution in [0.3, 0.4) is 0 Å². The molecule has 1 fully saturated rings. The smallest absolute Gasteiger partial charge is 0.317 e. The zero-order valence-corrected chi connectivity index (χ0v) is 11.5. The van der Waals surface area contributed by atoms with Crippen LogP contribution in [-0.2, 0) is 0 Å². The number of rotatable bonds is 5. The monoisotopic (exact) mass is 241 g/mol. The second-order valence-corrected chi connectivity index (χ2v) is 4.73. The van der Waals surface area contributed by atoms with Crippen molar-refractivity contribution >= 4 is 6.03 Å². The average Bonchev–Trinajstić information content (AvgIpc) is 2.33. The van der Waals surface area contributed by atoms with E-state index in [1.165, 1.54) is 12.8 Å². The van der Waals surface area contributed by atoms with Gasteiger partial charge in [0, 0.05) is 25.2 Å². The molecule has 100 valence electrons. The fourth-order valence-electron chi connectivity index (χ4n) is 2.51. The highest BCUT2D eigenvalue weighted by molar-refractivity contribution is 5.74. The minimum atomic E-state index is 0.0990. The van der Waals surface area contributed by atoms with Crippen LogP contribution < -0.4 is 10.6 Å². The van der Waals surface area contributed by atoms with Crippen molar-refractivity contribution in [2.75, 3.05) is 19.6 Å². The van der Waals surface area contributed by atoms with E-state index in [1.54, 1.807) is 0 Å². The molecule has 0 aromatic rings. The van der Waals surface area contributed by atoms with Gasteiger partial charge in [-0.25, -0.2) is 4.79 Å². The van der Waals surface area contributed by atoms with Crippen molar-refractivity contribution in [2.45, 2.75) is 58.5 Å². The van der Waals surface area contributed by atoms with Crippen LogP contribution in [0.15, 0.2) is 0 Å². The molecule has 0 atom stereocenters. The maximum absolute atomic E-state index is 11.9. The van der Waals surface area contributed by atoms with Crippen molar-refractivity contribution in [1.29, 1.82) is 0 Å². The first-order valence-corrected chi connectivity index (χ1v) is 7.00. The molecule has 1 aliphatic rings. The van der Waals surface area contributed by atoms with Crippen LogP contribution in [0.1, 0.15) is 46.5 Å². The summed E-state index contributed by atoms with van der Waals surface area (Å²) in [6, 6.07) is 1.13. The Morgan fingerprint density at radius 2 is 1.59 bits per heavy atom. The van der Waals surface area contributed by atoms with Gasteiger partial charge in [0.2, 0.25) is 0 Å². The molecule has 4 nitrogen and oxygen atoms in total. The summed E-state index contributed by atoms with van der Waals surface area (Å²) in [5.74, 6) is 0. The Morgan fingerprint density at radius 3 is 2.06 bits per heavy atom. The molecule has 0 radical (unpaired) electrons. The van der Waals surface area contributed by atoms with Gasteiger partial charge in [-0.3, -0.25) is 0 Å². The molecule has 2 amide bonds. The Hall–Kier alpha value is -0.770. The molecule has 1 saturated carbocycles. The number of carbonyl (C=O) groups is 1. The molecule has 0 aliphatic heterocycles. The second-order valence-electron chi connectivity index (χ2n) is 4.73. The molecule has 0 saturated heterocycles. The van der Waals surface area contributed by atoms with Gasteiger partial charge in [0.05, 0.1) is 0 Å². The first kappa shape index (κ1) is 14.3. The van der Waals surface area contributed by atoms with Gasteiger partial charge in [-0.15, -0.1) is 0 Å². The summed E-state index contributed by atoms with van der Waals surface area (Å²) in [5.41, 5.74) is 0. The summed E-state index contributed by atoms with van der Waals surface area (Å²) in [5, 5.41) is 6.62. The Labute approximate surface area is 105 Å². The third-order valence-electron chi connectivity index (χ3n) is 3.60. The second kappa shape index (κ2) is 7.54. The molecular formula is C13H27N3O. The van der Waals surface area contributed by atoms with Crippen LogP contribution in [0.4, 0.5) is 4.79 Å². The van der Waals surface area contributed by atoms with E-state index in [2.05, 4.69) is 17.6 Å². The van der Waals surface area contributed by atoms with E-state index in [1.807, 2.05) is 18.7 Å². The normalized spacial score (nSPS) is 24.4. The van der Waals surface area contributed by atoms with E-state index in [-0.39, 0.29) is 6.03 Å². The molecule has 0 bridgehead atoms. The van der Waals surface area contributed by atoms with E-state index in [0.717, 1.165) is 32.5 Å². The number of carbonyl (C=O) groups excluding carboxylic acids is 1. The zero-order valence-electron chi connectivity index (χ0n) is 11.5. The summed E-state index contributed by atoms with van der Waals surface area (Å²) in [7, 11) is 0. The fourth-order valence-corrected chi connectivity index (χ4v) is 2.51. The average molecular weight is 241 g/mol. The van der Waals surface area contributed by atoms with Crippen LogP contribution in [0.2, 0.25) is 0 Å². The summed E-state index contributed by atoms with van der Waals surface area (Å²) < 4.78 is 0.